The summed E-state index contributed by atoms with van der Waals surface area (Å²) in [5.41, 5.74) is 0.909. The molecule has 0 aliphatic carbocycles. The zero-order valence-corrected chi connectivity index (χ0v) is 9.79. The van der Waals surface area contributed by atoms with E-state index >= 15 is 0 Å². The molecule has 1 atom stereocenters. The maximum atomic E-state index is 5.54. The smallest absolute Gasteiger partial charge is 0.152 e. The second-order valence-corrected chi connectivity index (χ2v) is 4.41. The van der Waals surface area contributed by atoms with Gasteiger partial charge in [-0.1, -0.05) is 0 Å². The Labute approximate surface area is 99.6 Å². The van der Waals surface area contributed by atoms with Crippen LogP contribution in [-0.4, -0.2) is 29.3 Å². The lowest BCUT2D eigenvalue weighted by atomic mass is 10.2. The van der Waals surface area contributed by atoms with Crippen LogP contribution in [0.3, 0.4) is 0 Å². The second-order valence-electron chi connectivity index (χ2n) is 4.41. The van der Waals surface area contributed by atoms with Crippen molar-refractivity contribution in [1.82, 2.24) is 15.5 Å². The predicted octanol–water partition coefficient (Wildman–Crippen LogP) is 1.75. The van der Waals surface area contributed by atoms with Gasteiger partial charge < -0.3 is 15.1 Å². The minimum absolute atomic E-state index is 0.476. The van der Waals surface area contributed by atoms with Crippen molar-refractivity contribution in [2.24, 2.45) is 0 Å². The van der Waals surface area contributed by atoms with Gasteiger partial charge in [-0.25, -0.2) is 0 Å². The number of nitrogens with zero attached hydrogens (tertiary/aromatic N) is 1. The van der Waals surface area contributed by atoms with Gasteiger partial charge in [-0.3, -0.25) is 5.10 Å². The lowest BCUT2D eigenvalue weighted by Gasteiger charge is -2.08. The molecule has 0 bridgehead atoms. The maximum Gasteiger partial charge on any atom is 0.152 e. The van der Waals surface area contributed by atoms with E-state index < -0.39 is 0 Å². The first kappa shape index (κ1) is 10.4. The molecular formula is C12H16N4O. The third-order valence-electron chi connectivity index (χ3n) is 3.00. The third-order valence-corrected chi connectivity index (χ3v) is 3.00. The molecule has 0 spiro atoms. The van der Waals surface area contributed by atoms with Crippen molar-refractivity contribution >= 4 is 5.82 Å². The lowest BCUT2D eigenvalue weighted by Crippen LogP contribution is -2.22. The first-order valence-electron chi connectivity index (χ1n) is 5.91. The molecule has 1 saturated heterocycles. The zero-order valence-electron chi connectivity index (χ0n) is 9.79. The topological polar surface area (TPSA) is 65.9 Å². The van der Waals surface area contributed by atoms with Crippen molar-refractivity contribution < 1.29 is 4.42 Å². The van der Waals surface area contributed by atoms with E-state index in [4.69, 9.17) is 4.42 Å². The Bertz CT molecular complexity index is 496. The Kier molecular flexibility index (Phi) is 2.60. The molecule has 0 radical (unpaired) electrons. The average molecular weight is 232 g/mol. The number of aryl methyl sites for hydroxylation is 1. The van der Waals surface area contributed by atoms with Crippen LogP contribution in [0.15, 0.2) is 22.6 Å². The van der Waals surface area contributed by atoms with Crippen LogP contribution >= 0.6 is 0 Å². The Hall–Kier alpha value is -1.75. The lowest BCUT2D eigenvalue weighted by molar-refractivity contribution is 0.546. The molecule has 1 aliphatic heterocycles. The van der Waals surface area contributed by atoms with Gasteiger partial charge in [-0.2, -0.15) is 5.10 Å². The minimum atomic E-state index is 0.476. The summed E-state index contributed by atoms with van der Waals surface area (Å²) in [6.45, 7) is 4.01. The molecule has 1 aliphatic rings. The molecule has 5 nitrogen and oxygen atoms in total. The summed E-state index contributed by atoms with van der Waals surface area (Å²) in [5.74, 6) is 2.61. The summed E-state index contributed by atoms with van der Waals surface area (Å²) in [7, 11) is 0. The summed E-state index contributed by atoms with van der Waals surface area (Å²) in [6, 6.07) is 6.36. The number of H-pyrrole nitrogens is 1. The van der Waals surface area contributed by atoms with Gasteiger partial charge in [0.1, 0.15) is 17.3 Å². The van der Waals surface area contributed by atoms with Gasteiger partial charge in [-0.05, 0) is 32.0 Å². The van der Waals surface area contributed by atoms with Crippen LogP contribution < -0.4 is 10.6 Å². The van der Waals surface area contributed by atoms with E-state index in [-0.39, 0.29) is 0 Å². The minimum Gasteiger partial charge on any atom is -0.460 e. The molecule has 3 N–H and O–H groups in total. The van der Waals surface area contributed by atoms with Crippen LogP contribution in [0.2, 0.25) is 0 Å². The fourth-order valence-electron chi connectivity index (χ4n) is 2.09. The highest BCUT2D eigenvalue weighted by atomic mass is 16.3. The molecule has 3 heterocycles. The monoisotopic (exact) mass is 232 g/mol. The number of furan rings is 1. The van der Waals surface area contributed by atoms with E-state index in [0.717, 1.165) is 42.5 Å². The van der Waals surface area contributed by atoms with Gasteiger partial charge in [-0.15, -0.1) is 0 Å². The van der Waals surface area contributed by atoms with Gasteiger partial charge in [0.05, 0.1) is 0 Å². The first-order chi connectivity index (χ1) is 8.31. The molecule has 5 heteroatoms. The third kappa shape index (κ3) is 2.19. The largest absolute Gasteiger partial charge is 0.460 e. The van der Waals surface area contributed by atoms with E-state index in [2.05, 4.69) is 20.8 Å². The van der Waals surface area contributed by atoms with Gasteiger partial charge in [0.2, 0.25) is 0 Å². The van der Waals surface area contributed by atoms with Gasteiger partial charge >= 0.3 is 0 Å². The summed E-state index contributed by atoms with van der Waals surface area (Å²) in [4.78, 5) is 0. The quantitative estimate of drug-likeness (QED) is 0.754. The average Bonchev–Trinajstić information content (AvgIpc) is 2.99. The zero-order chi connectivity index (χ0) is 11.7. The molecule has 17 heavy (non-hydrogen) atoms. The molecule has 90 valence electrons. The summed E-state index contributed by atoms with van der Waals surface area (Å²) >= 11 is 0. The predicted molar refractivity (Wildman–Crippen MR) is 65.9 cm³/mol. The number of nitrogens with one attached hydrogen (secondary N) is 3. The summed E-state index contributed by atoms with van der Waals surface area (Å²) in [5, 5.41) is 13.9. The standard InChI is InChI=1S/C12H16N4O/c1-8-2-3-11(17-8)10-6-12(16-15-10)14-9-4-5-13-7-9/h2-3,6,9,13H,4-5,7H2,1H3,(H2,14,15,16). The number of anilines is 1. The molecular weight excluding hydrogens is 216 g/mol. The first-order valence-corrected chi connectivity index (χ1v) is 5.91. The number of hydrogen-bond donors (Lipinski definition) is 3. The highest BCUT2D eigenvalue weighted by Crippen LogP contribution is 2.22. The molecule has 1 unspecified atom stereocenters. The molecule has 2 aromatic heterocycles. The van der Waals surface area contributed by atoms with Crippen LogP contribution in [0.1, 0.15) is 12.2 Å². The normalized spacial score (nSPS) is 19.7. The number of aromatic nitrogens is 2. The van der Waals surface area contributed by atoms with Crippen LogP contribution in [0.25, 0.3) is 11.5 Å². The van der Waals surface area contributed by atoms with Crippen LogP contribution in [0.4, 0.5) is 5.82 Å². The van der Waals surface area contributed by atoms with E-state index in [1.54, 1.807) is 0 Å². The SMILES string of the molecule is Cc1ccc(-c2cc(NC3CCNC3)n[nH]2)o1. The number of hydrogen-bond acceptors (Lipinski definition) is 4. The Morgan fingerprint density at radius 2 is 2.41 bits per heavy atom. The number of aromatic amines is 1. The Morgan fingerprint density at radius 1 is 1.47 bits per heavy atom. The van der Waals surface area contributed by atoms with E-state index in [9.17, 15) is 0 Å². The molecule has 2 aromatic rings. The molecule has 0 saturated carbocycles. The second kappa shape index (κ2) is 4.25. The van der Waals surface area contributed by atoms with Crippen LogP contribution in [-0.2, 0) is 0 Å². The van der Waals surface area contributed by atoms with E-state index in [0.29, 0.717) is 6.04 Å². The Balaban J connectivity index is 1.73. The highest BCUT2D eigenvalue weighted by Gasteiger charge is 2.15. The van der Waals surface area contributed by atoms with Crippen molar-refractivity contribution in [3.63, 3.8) is 0 Å². The summed E-state index contributed by atoms with van der Waals surface area (Å²) < 4.78 is 5.54. The van der Waals surface area contributed by atoms with E-state index in [1.807, 2.05) is 25.1 Å². The van der Waals surface area contributed by atoms with Crippen molar-refractivity contribution in [3.8, 4) is 11.5 Å². The van der Waals surface area contributed by atoms with Gasteiger partial charge in [0, 0.05) is 18.7 Å². The fourth-order valence-corrected chi connectivity index (χ4v) is 2.09. The van der Waals surface area contributed by atoms with Gasteiger partial charge in [0.15, 0.2) is 5.76 Å². The van der Waals surface area contributed by atoms with Crippen LogP contribution in [0.5, 0.6) is 0 Å². The van der Waals surface area contributed by atoms with Crippen LogP contribution in [0, 0.1) is 6.92 Å². The fraction of sp³-hybridized carbons (Fsp3) is 0.417. The van der Waals surface area contributed by atoms with Crippen molar-refractivity contribution in [2.75, 3.05) is 18.4 Å². The molecule has 0 aromatic carbocycles. The maximum absolute atomic E-state index is 5.54. The van der Waals surface area contributed by atoms with Crippen molar-refractivity contribution in [2.45, 2.75) is 19.4 Å². The summed E-state index contributed by atoms with van der Waals surface area (Å²) in [6.07, 6.45) is 1.14. The number of rotatable bonds is 3. The molecule has 0 amide bonds. The highest BCUT2D eigenvalue weighted by molar-refractivity contribution is 5.57. The molecule has 1 fully saturated rings. The molecule has 3 rings (SSSR count). The Morgan fingerprint density at radius 3 is 3.12 bits per heavy atom. The van der Waals surface area contributed by atoms with Crippen molar-refractivity contribution in [3.05, 3.63) is 24.0 Å². The van der Waals surface area contributed by atoms with Gasteiger partial charge in [0.25, 0.3) is 0 Å². The van der Waals surface area contributed by atoms with E-state index in [1.165, 1.54) is 0 Å². The van der Waals surface area contributed by atoms with Crippen molar-refractivity contribution in [1.29, 1.82) is 0 Å².